The van der Waals surface area contributed by atoms with E-state index < -0.39 is 18.2 Å². The van der Waals surface area contributed by atoms with Crippen molar-refractivity contribution in [1.29, 1.82) is 0 Å². The molecule has 0 spiro atoms. The van der Waals surface area contributed by atoms with E-state index in [1.807, 2.05) is 0 Å². The van der Waals surface area contributed by atoms with Crippen molar-refractivity contribution in [2.75, 3.05) is 0 Å². The van der Waals surface area contributed by atoms with Gasteiger partial charge in [-0.1, -0.05) is 12.1 Å². The minimum absolute atomic E-state index is 0.0368. The smallest absolute Gasteiger partial charge is 0.308 e. The molecule has 0 fully saturated rings. The van der Waals surface area contributed by atoms with Gasteiger partial charge in [-0.15, -0.1) is 0 Å². The molecule has 0 bridgehead atoms. The highest BCUT2D eigenvalue weighted by atomic mass is 16.6. The normalized spacial score (nSPS) is 11.8. The number of hydrogen-bond acceptors (Lipinski definition) is 6. The molecule has 0 aliphatic carbocycles. The number of aliphatic hydroxyl groups excluding tert-OH is 1. The van der Waals surface area contributed by atoms with E-state index in [9.17, 15) is 14.7 Å². The van der Waals surface area contributed by atoms with Gasteiger partial charge in [0.1, 0.15) is 6.23 Å². The van der Waals surface area contributed by atoms with Gasteiger partial charge in [0.15, 0.2) is 11.5 Å². The van der Waals surface area contributed by atoms with Crippen LogP contribution in [-0.4, -0.2) is 17.0 Å². The van der Waals surface area contributed by atoms with Crippen molar-refractivity contribution in [3.05, 3.63) is 23.8 Å². The first kappa shape index (κ1) is 13.1. The second-order valence-corrected chi connectivity index (χ2v) is 3.31. The third-order valence-electron chi connectivity index (χ3n) is 1.83. The SMILES string of the molecule is CC(=O)Oc1cccc(C(N)O)c1OC(C)=O. The maximum Gasteiger partial charge on any atom is 0.308 e. The average molecular weight is 239 g/mol. The topological polar surface area (TPSA) is 98.8 Å². The molecule has 0 saturated heterocycles. The van der Waals surface area contributed by atoms with Gasteiger partial charge < -0.3 is 20.3 Å². The van der Waals surface area contributed by atoms with E-state index in [0.717, 1.165) is 0 Å². The molecule has 0 heterocycles. The second kappa shape index (κ2) is 5.42. The summed E-state index contributed by atoms with van der Waals surface area (Å²) in [6.07, 6.45) is -1.33. The van der Waals surface area contributed by atoms with E-state index in [1.54, 1.807) is 0 Å². The minimum atomic E-state index is -1.33. The molecule has 3 N–H and O–H groups in total. The van der Waals surface area contributed by atoms with Crippen LogP contribution in [0, 0.1) is 0 Å². The summed E-state index contributed by atoms with van der Waals surface area (Å²) < 4.78 is 9.74. The lowest BCUT2D eigenvalue weighted by Crippen LogP contribution is -2.14. The Morgan fingerprint density at radius 3 is 2.29 bits per heavy atom. The fourth-order valence-corrected chi connectivity index (χ4v) is 1.25. The molecule has 0 radical (unpaired) electrons. The fourth-order valence-electron chi connectivity index (χ4n) is 1.25. The van der Waals surface area contributed by atoms with Crippen LogP contribution in [0.4, 0.5) is 0 Å². The minimum Gasteiger partial charge on any atom is -0.423 e. The number of carbonyl (C=O) groups excluding carboxylic acids is 2. The lowest BCUT2D eigenvalue weighted by molar-refractivity contribution is -0.134. The predicted octanol–water partition coefficient (Wildman–Crippen LogP) is 0.487. The maximum atomic E-state index is 10.9. The maximum absolute atomic E-state index is 10.9. The summed E-state index contributed by atoms with van der Waals surface area (Å²) in [5.74, 6) is -1.19. The van der Waals surface area contributed by atoms with Crippen LogP contribution in [0.25, 0.3) is 0 Å². The molecule has 0 aliphatic heterocycles. The fraction of sp³-hybridized carbons (Fsp3) is 0.273. The van der Waals surface area contributed by atoms with Gasteiger partial charge in [-0.2, -0.15) is 0 Å². The van der Waals surface area contributed by atoms with Crippen LogP contribution >= 0.6 is 0 Å². The van der Waals surface area contributed by atoms with Crippen molar-refractivity contribution in [2.24, 2.45) is 5.73 Å². The van der Waals surface area contributed by atoms with Crippen molar-refractivity contribution < 1.29 is 24.2 Å². The Labute approximate surface area is 97.9 Å². The number of carbonyl (C=O) groups is 2. The Bertz CT molecular complexity index is 441. The highest BCUT2D eigenvalue weighted by Gasteiger charge is 2.17. The molecule has 6 heteroatoms. The molecule has 0 saturated carbocycles. The lowest BCUT2D eigenvalue weighted by atomic mass is 10.1. The first-order valence-corrected chi connectivity index (χ1v) is 4.85. The summed E-state index contributed by atoms with van der Waals surface area (Å²) in [6, 6.07) is 4.43. The molecule has 1 aromatic carbocycles. The summed E-state index contributed by atoms with van der Waals surface area (Å²) in [4.78, 5) is 21.8. The van der Waals surface area contributed by atoms with Crippen LogP contribution in [0.1, 0.15) is 25.6 Å². The number of aliphatic hydroxyl groups is 1. The Morgan fingerprint density at radius 2 is 1.82 bits per heavy atom. The molecule has 0 aromatic heterocycles. The molecule has 1 unspecified atom stereocenters. The van der Waals surface area contributed by atoms with E-state index in [4.69, 9.17) is 15.2 Å². The van der Waals surface area contributed by atoms with Gasteiger partial charge in [-0.25, -0.2) is 0 Å². The van der Waals surface area contributed by atoms with Crippen molar-refractivity contribution >= 4 is 11.9 Å². The summed E-state index contributed by atoms with van der Waals surface area (Å²) in [6.45, 7) is 2.40. The van der Waals surface area contributed by atoms with E-state index in [0.29, 0.717) is 0 Å². The van der Waals surface area contributed by atoms with Gasteiger partial charge in [0.25, 0.3) is 0 Å². The molecule has 6 nitrogen and oxygen atoms in total. The van der Waals surface area contributed by atoms with Crippen molar-refractivity contribution in [3.63, 3.8) is 0 Å². The van der Waals surface area contributed by atoms with Crippen LogP contribution in [0.15, 0.2) is 18.2 Å². The second-order valence-electron chi connectivity index (χ2n) is 3.31. The third kappa shape index (κ3) is 3.54. The summed E-state index contributed by atoms with van der Waals surface area (Å²) in [5.41, 5.74) is 5.48. The molecular formula is C11H13NO5. The first-order valence-electron chi connectivity index (χ1n) is 4.85. The van der Waals surface area contributed by atoms with Crippen LogP contribution in [0.2, 0.25) is 0 Å². The molecule has 1 aromatic rings. The van der Waals surface area contributed by atoms with Crippen LogP contribution in [-0.2, 0) is 9.59 Å². The largest absolute Gasteiger partial charge is 0.423 e. The Hall–Kier alpha value is -1.92. The monoisotopic (exact) mass is 239 g/mol. The molecule has 0 amide bonds. The zero-order chi connectivity index (χ0) is 13.0. The summed E-state index contributed by atoms with van der Waals surface area (Å²) >= 11 is 0. The third-order valence-corrected chi connectivity index (χ3v) is 1.83. The van der Waals surface area contributed by atoms with E-state index in [2.05, 4.69) is 0 Å². The first-order chi connectivity index (χ1) is 7.91. The Morgan fingerprint density at radius 1 is 1.24 bits per heavy atom. The quantitative estimate of drug-likeness (QED) is 0.452. The number of hydrogen-bond donors (Lipinski definition) is 2. The van der Waals surface area contributed by atoms with Gasteiger partial charge in [-0.05, 0) is 6.07 Å². The van der Waals surface area contributed by atoms with Crippen molar-refractivity contribution in [1.82, 2.24) is 0 Å². The van der Waals surface area contributed by atoms with Crippen molar-refractivity contribution in [3.8, 4) is 11.5 Å². The number of rotatable bonds is 3. The number of ether oxygens (including phenoxy) is 2. The highest BCUT2D eigenvalue weighted by molar-refractivity contribution is 5.74. The zero-order valence-electron chi connectivity index (χ0n) is 9.47. The average Bonchev–Trinajstić information content (AvgIpc) is 2.18. The Kier molecular flexibility index (Phi) is 4.19. The van der Waals surface area contributed by atoms with Gasteiger partial charge in [0.2, 0.25) is 0 Å². The zero-order valence-corrected chi connectivity index (χ0v) is 9.47. The Balaban J connectivity index is 3.23. The number of nitrogens with two attached hydrogens (primary N) is 1. The highest BCUT2D eigenvalue weighted by Crippen LogP contribution is 2.33. The van der Waals surface area contributed by atoms with E-state index in [1.165, 1.54) is 32.0 Å². The number of para-hydroxylation sites is 1. The summed E-state index contributed by atoms with van der Waals surface area (Å²) in [5, 5.41) is 9.32. The summed E-state index contributed by atoms with van der Waals surface area (Å²) in [7, 11) is 0. The van der Waals surface area contributed by atoms with Crippen molar-refractivity contribution in [2.45, 2.75) is 20.1 Å². The lowest BCUT2D eigenvalue weighted by Gasteiger charge is -2.14. The van der Waals surface area contributed by atoms with Gasteiger partial charge >= 0.3 is 11.9 Å². The molecule has 17 heavy (non-hydrogen) atoms. The van der Waals surface area contributed by atoms with E-state index >= 15 is 0 Å². The van der Waals surface area contributed by atoms with Crippen LogP contribution in [0.5, 0.6) is 11.5 Å². The molecule has 92 valence electrons. The van der Waals surface area contributed by atoms with Crippen LogP contribution < -0.4 is 15.2 Å². The van der Waals surface area contributed by atoms with Gasteiger partial charge in [0, 0.05) is 19.4 Å². The molecular weight excluding hydrogens is 226 g/mol. The van der Waals surface area contributed by atoms with E-state index in [-0.39, 0.29) is 17.1 Å². The predicted molar refractivity (Wildman–Crippen MR) is 58.2 cm³/mol. The molecule has 1 rings (SSSR count). The molecule has 1 atom stereocenters. The molecule has 0 aliphatic rings. The standard InChI is InChI=1S/C11H13NO5/c1-6(13)16-9-5-3-4-8(11(12)15)10(9)17-7(2)14/h3-5,11,15H,12H2,1-2H3. The van der Waals surface area contributed by atoms with Gasteiger partial charge in [0.05, 0.1) is 0 Å². The number of benzene rings is 1. The van der Waals surface area contributed by atoms with Gasteiger partial charge in [-0.3, -0.25) is 9.59 Å². The number of esters is 2. The van der Waals surface area contributed by atoms with Crippen LogP contribution in [0.3, 0.4) is 0 Å².